The lowest BCUT2D eigenvalue weighted by Crippen LogP contribution is -2.50. The molecule has 1 aliphatic heterocycles. The summed E-state index contributed by atoms with van der Waals surface area (Å²) in [5, 5.41) is 3.89. The van der Waals surface area contributed by atoms with Crippen LogP contribution in [0.25, 0.3) is 10.9 Å². The van der Waals surface area contributed by atoms with E-state index in [1.165, 1.54) is 0 Å². The number of hydrogen-bond acceptors (Lipinski definition) is 4. The van der Waals surface area contributed by atoms with Gasteiger partial charge in [0.2, 0.25) is 5.91 Å². The molecular weight excluding hydrogens is 316 g/mol. The predicted octanol–water partition coefficient (Wildman–Crippen LogP) is 1.49. The van der Waals surface area contributed by atoms with Crippen LogP contribution in [-0.4, -0.2) is 72.3 Å². The van der Waals surface area contributed by atoms with Crippen molar-refractivity contribution >= 4 is 22.6 Å². The van der Waals surface area contributed by atoms with Crippen molar-refractivity contribution in [2.24, 2.45) is 0 Å². The van der Waals surface area contributed by atoms with Crippen molar-refractivity contribution < 1.29 is 9.59 Å². The van der Waals surface area contributed by atoms with E-state index in [-0.39, 0.29) is 11.7 Å². The van der Waals surface area contributed by atoms with Crippen LogP contribution in [0.3, 0.4) is 0 Å². The van der Waals surface area contributed by atoms with Gasteiger partial charge in [-0.1, -0.05) is 25.1 Å². The molecule has 0 saturated carbocycles. The van der Waals surface area contributed by atoms with E-state index >= 15 is 0 Å². The van der Waals surface area contributed by atoms with Crippen LogP contribution in [0.1, 0.15) is 23.7 Å². The number of para-hydroxylation sites is 1. The summed E-state index contributed by atoms with van der Waals surface area (Å²) in [5.41, 5.74) is 1.76. The summed E-state index contributed by atoms with van der Waals surface area (Å²) >= 11 is 0. The third-order valence-electron chi connectivity index (χ3n) is 4.66. The average molecular weight is 342 g/mol. The Bertz CT molecular complexity index is 732. The van der Waals surface area contributed by atoms with Gasteiger partial charge in [0.25, 0.3) is 0 Å². The van der Waals surface area contributed by atoms with Crippen molar-refractivity contribution in [2.75, 3.05) is 45.8 Å². The number of carbonyl (C=O) groups is 2. The standard InChI is InChI=1S/C19H26N4O2/c1-2-7-20-19(25)14-23-10-8-22(9-11-23)13-18(24)16-12-21-17-6-4-3-5-15(16)17/h3-6,12,21H,2,7-11,13-14H2,1H3,(H,20,25). The van der Waals surface area contributed by atoms with Gasteiger partial charge < -0.3 is 10.3 Å². The second-order valence-electron chi connectivity index (χ2n) is 6.57. The molecule has 2 heterocycles. The maximum Gasteiger partial charge on any atom is 0.234 e. The Hall–Kier alpha value is -2.18. The molecule has 1 aliphatic rings. The number of amides is 1. The van der Waals surface area contributed by atoms with Gasteiger partial charge in [-0.25, -0.2) is 0 Å². The number of hydrogen-bond donors (Lipinski definition) is 2. The number of aromatic nitrogens is 1. The molecule has 25 heavy (non-hydrogen) atoms. The van der Waals surface area contributed by atoms with E-state index in [2.05, 4.69) is 20.1 Å². The monoisotopic (exact) mass is 342 g/mol. The highest BCUT2D eigenvalue weighted by atomic mass is 16.2. The Morgan fingerprint density at radius 2 is 1.76 bits per heavy atom. The van der Waals surface area contributed by atoms with Gasteiger partial charge in [-0.05, 0) is 12.5 Å². The van der Waals surface area contributed by atoms with Crippen LogP contribution < -0.4 is 5.32 Å². The first-order valence-corrected chi connectivity index (χ1v) is 8.98. The molecule has 3 rings (SSSR count). The van der Waals surface area contributed by atoms with Crippen LogP contribution >= 0.6 is 0 Å². The molecule has 134 valence electrons. The molecule has 1 aromatic heterocycles. The Morgan fingerprint density at radius 3 is 2.48 bits per heavy atom. The summed E-state index contributed by atoms with van der Waals surface area (Å²) < 4.78 is 0. The largest absolute Gasteiger partial charge is 0.360 e. The first-order valence-electron chi connectivity index (χ1n) is 8.98. The van der Waals surface area contributed by atoms with E-state index in [0.29, 0.717) is 13.1 Å². The number of carbonyl (C=O) groups excluding carboxylic acids is 2. The van der Waals surface area contributed by atoms with E-state index in [0.717, 1.165) is 55.6 Å². The third kappa shape index (κ3) is 4.46. The van der Waals surface area contributed by atoms with Gasteiger partial charge in [-0.3, -0.25) is 19.4 Å². The predicted molar refractivity (Wildman–Crippen MR) is 98.8 cm³/mol. The van der Waals surface area contributed by atoms with E-state index in [1.54, 1.807) is 6.20 Å². The van der Waals surface area contributed by atoms with Crippen LogP contribution in [0.2, 0.25) is 0 Å². The number of fused-ring (bicyclic) bond motifs is 1. The SMILES string of the molecule is CCCNC(=O)CN1CCN(CC(=O)c2c[nH]c3ccccc23)CC1. The van der Waals surface area contributed by atoms with Crippen molar-refractivity contribution in [3.05, 3.63) is 36.0 Å². The Balaban J connectivity index is 1.49. The van der Waals surface area contributed by atoms with Gasteiger partial charge in [0.15, 0.2) is 5.78 Å². The second kappa shape index (κ2) is 8.27. The number of piperazine rings is 1. The van der Waals surface area contributed by atoms with Gasteiger partial charge in [0, 0.05) is 55.4 Å². The minimum atomic E-state index is 0.0881. The van der Waals surface area contributed by atoms with Gasteiger partial charge in [-0.15, -0.1) is 0 Å². The van der Waals surface area contributed by atoms with Crippen LogP contribution in [-0.2, 0) is 4.79 Å². The molecular formula is C19H26N4O2. The number of aromatic amines is 1. The van der Waals surface area contributed by atoms with Gasteiger partial charge >= 0.3 is 0 Å². The Morgan fingerprint density at radius 1 is 1.08 bits per heavy atom. The van der Waals surface area contributed by atoms with E-state index in [9.17, 15) is 9.59 Å². The fraction of sp³-hybridized carbons (Fsp3) is 0.474. The quantitative estimate of drug-likeness (QED) is 0.748. The van der Waals surface area contributed by atoms with Crippen LogP contribution in [0.15, 0.2) is 30.5 Å². The van der Waals surface area contributed by atoms with Crippen LogP contribution in [0.4, 0.5) is 0 Å². The molecule has 0 bridgehead atoms. The van der Waals surface area contributed by atoms with Crippen molar-refractivity contribution in [1.82, 2.24) is 20.1 Å². The van der Waals surface area contributed by atoms with Crippen LogP contribution in [0, 0.1) is 0 Å². The number of nitrogens with one attached hydrogen (secondary N) is 2. The molecule has 1 amide bonds. The fourth-order valence-corrected chi connectivity index (χ4v) is 3.22. The molecule has 0 unspecified atom stereocenters. The summed E-state index contributed by atoms with van der Waals surface area (Å²) in [4.78, 5) is 31.9. The molecule has 0 spiro atoms. The molecule has 0 atom stereocenters. The lowest BCUT2D eigenvalue weighted by atomic mass is 10.1. The molecule has 1 fully saturated rings. The number of rotatable bonds is 7. The molecule has 2 aromatic rings. The zero-order valence-electron chi connectivity index (χ0n) is 14.8. The number of nitrogens with zero attached hydrogens (tertiary/aromatic N) is 2. The Kier molecular flexibility index (Phi) is 5.83. The van der Waals surface area contributed by atoms with Crippen molar-refractivity contribution in [3.63, 3.8) is 0 Å². The smallest absolute Gasteiger partial charge is 0.234 e. The zero-order valence-corrected chi connectivity index (χ0v) is 14.8. The van der Waals surface area contributed by atoms with Crippen molar-refractivity contribution in [1.29, 1.82) is 0 Å². The summed E-state index contributed by atoms with van der Waals surface area (Å²) in [7, 11) is 0. The highest BCUT2D eigenvalue weighted by molar-refractivity contribution is 6.08. The number of Topliss-reactive ketones (excluding diaryl/α,β-unsaturated/α-hetero) is 1. The summed E-state index contributed by atoms with van der Waals surface area (Å²) in [6, 6.07) is 7.87. The highest BCUT2D eigenvalue weighted by Gasteiger charge is 2.22. The Labute approximate surface area is 148 Å². The normalized spacial score (nSPS) is 16.2. The van der Waals surface area contributed by atoms with Crippen LogP contribution in [0.5, 0.6) is 0 Å². The molecule has 1 aromatic carbocycles. The summed E-state index contributed by atoms with van der Waals surface area (Å²) in [6.45, 7) is 6.93. The highest BCUT2D eigenvalue weighted by Crippen LogP contribution is 2.18. The summed E-state index contributed by atoms with van der Waals surface area (Å²) in [5.74, 6) is 0.233. The van der Waals surface area contributed by atoms with Gasteiger partial charge in [0.05, 0.1) is 13.1 Å². The lowest BCUT2D eigenvalue weighted by molar-refractivity contribution is -0.122. The maximum absolute atomic E-state index is 12.6. The molecule has 2 N–H and O–H groups in total. The van der Waals surface area contributed by atoms with E-state index in [1.807, 2.05) is 31.2 Å². The van der Waals surface area contributed by atoms with Crippen molar-refractivity contribution in [2.45, 2.75) is 13.3 Å². The van der Waals surface area contributed by atoms with Crippen molar-refractivity contribution in [3.8, 4) is 0 Å². The molecule has 1 saturated heterocycles. The molecule has 6 heteroatoms. The fourth-order valence-electron chi connectivity index (χ4n) is 3.22. The maximum atomic E-state index is 12.6. The number of benzene rings is 1. The lowest BCUT2D eigenvalue weighted by Gasteiger charge is -2.33. The average Bonchev–Trinajstić information content (AvgIpc) is 3.06. The molecule has 0 radical (unpaired) electrons. The molecule has 6 nitrogen and oxygen atoms in total. The number of ketones is 1. The first-order chi connectivity index (χ1) is 12.2. The second-order valence-corrected chi connectivity index (χ2v) is 6.57. The zero-order chi connectivity index (χ0) is 17.6. The topological polar surface area (TPSA) is 68.4 Å². The minimum Gasteiger partial charge on any atom is -0.360 e. The minimum absolute atomic E-state index is 0.0881. The van der Waals surface area contributed by atoms with E-state index in [4.69, 9.17) is 0 Å². The summed E-state index contributed by atoms with van der Waals surface area (Å²) in [6.07, 6.45) is 2.76. The van der Waals surface area contributed by atoms with E-state index < -0.39 is 0 Å². The first kappa shape index (κ1) is 17.6. The third-order valence-corrected chi connectivity index (χ3v) is 4.66. The van der Waals surface area contributed by atoms with Gasteiger partial charge in [0.1, 0.15) is 0 Å². The molecule has 0 aliphatic carbocycles. The van der Waals surface area contributed by atoms with Gasteiger partial charge in [-0.2, -0.15) is 0 Å². The number of H-pyrrole nitrogens is 1.